The molecule has 184 valence electrons. The standard InChI is InChI=1S/C30H21Cl2FN2OS/c31-22-12-8-18(9-13-22)16-21-5-3-6-24-27(21)34-30-35(28(24)19-10-14-23(32)15-11-19)29(36)26(37-30)17-20-4-1-2-7-25(20)33/h1-2,4,7-17,28H,3,5-6H2/b21-16+,26-17+. The molecule has 4 aromatic rings. The zero-order valence-corrected chi connectivity index (χ0v) is 22.0. The second-order valence-electron chi connectivity index (χ2n) is 9.10. The Hall–Kier alpha value is -3.25. The summed E-state index contributed by atoms with van der Waals surface area (Å²) in [5.41, 5.74) is 5.40. The summed E-state index contributed by atoms with van der Waals surface area (Å²) in [5.74, 6) is -0.366. The van der Waals surface area contributed by atoms with E-state index in [0.29, 0.717) is 24.9 Å². The number of rotatable bonds is 3. The predicted octanol–water partition coefficient (Wildman–Crippen LogP) is 6.93. The summed E-state index contributed by atoms with van der Waals surface area (Å²) in [6.07, 6.45) is 6.45. The number of thiazole rings is 1. The van der Waals surface area contributed by atoms with E-state index in [4.69, 9.17) is 28.2 Å². The molecule has 0 amide bonds. The molecule has 1 aliphatic heterocycles. The third kappa shape index (κ3) is 4.63. The van der Waals surface area contributed by atoms with Gasteiger partial charge in [-0.05, 0) is 84.0 Å². The van der Waals surface area contributed by atoms with Gasteiger partial charge < -0.3 is 0 Å². The first kappa shape index (κ1) is 24.1. The van der Waals surface area contributed by atoms with Crippen molar-refractivity contribution in [3.63, 3.8) is 0 Å². The third-order valence-electron chi connectivity index (χ3n) is 6.72. The van der Waals surface area contributed by atoms with Crippen molar-refractivity contribution in [3.8, 4) is 0 Å². The highest BCUT2D eigenvalue weighted by Gasteiger charge is 2.32. The lowest BCUT2D eigenvalue weighted by Crippen LogP contribution is -2.39. The molecule has 1 atom stereocenters. The van der Waals surface area contributed by atoms with E-state index in [9.17, 15) is 9.18 Å². The molecule has 0 radical (unpaired) electrons. The maximum absolute atomic E-state index is 14.4. The van der Waals surface area contributed by atoms with Crippen molar-refractivity contribution in [1.82, 2.24) is 4.57 Å². The zero-order chi connectivity index (χ0) is 25.5. The molecule has 37 heavy (non-hydrogen) atoms. The SMILES string of the molecule is O=c1/c(=C\c2ccccc2F)sc2n1C(c1ccc(Cl)cc1)C1=C(N=2)/C(=C/c2ccc(Cl)cc2)CCC1. The monoisotopic (exact) mass is 546 g/mol. The lowest BCUT2D eigenvalue weighted by molar-refractivity contribution is 0.553. The van der Waals surface area contributed by atoms with Gasteiger partial charge in [-0.2, -0.15) is 0 Å². The van der Waals surface area contributed by atoms with Gasteiger partial charge in [0.15, 0.2) is 4.80 Å². The van der Waals surface area contributed by atoms with Crippen molar-refractivity contribution in [2.24, 2.45) is 4.99 Å². The summed E-state index contributed by atoms with van der Waals surface area (Å²) in [7, 11) is 0. The minimum Gasteiger partial charge on any atom is -0.272 e. The Morgan fingerprint density at radius 3 is 2.35 bits per heavy atom. The Bertz CT molecular complexity index is 1750. The van der Waals surface area contributed by atoms with Crippen LogP contribution >= 0.6 is 34.5 Å². The second-order valence-corrected chi connectivity index (χ2v) is 11.0. The van der Waals surface area contributed by atoms with E-state index in [1.807, 2.05) is 48.5 Å². The van der Waals surface area contributed by atoms with Crippen LogP contribution in [0.5, 0.6) is 0 Å². The molecule has 3 nitrogen and oxygen atoms in total. The topological polar surface area (TPSA) is 34.4 Å². The van der Waals surface area contributed by atoms with Gasteiger partial charge in [-0.15, -0.1) is 0 Å². The van der Waals surface area contributed by atoms with Crippen LogP contribution in [0.15, 0.2) is 99.4 Å². The van der Waals surface area contributed by atoms with Gasteiger partial charge in [0, 0.05) is 15.6 Å². The minimum atomic E-state index is -0.366. The summed E-state index contributed by atoms with van der Waals surface area (Å²) in [5, 5.41) is 1.33. The molecular formula is C30H21Cl2FN2OS. The van der Waals surface area contributed by atoms with Crippen LogP contribution in [0.2, 0.25) is 10.0 Å². The molecule has 2 aliphatic rings. The van der Waals surface area contributed by atoms with Crippen molar-refractivity contribution >= 4 is 46.7 Å². The summed E-state index contributed by atoms with van der Waals surface area (Å²) < 4.78 is 16.6. The quantitative estimate of drug-likeness (QED) is 0.274. The van der Waals surface area contributed by atoms with E-state index in [1.54, 1.807) is 28.8 Å². The second kappa shape index (κ2) is 9.90. The molecule has 0 bridgehead atoms. The van der Waals surface area contributed by atoms with Crippen LogP contribution in [0.25, 0.3) is 12.2 Å². The van der Waals surface area contributed by atoms with Crippen LogP contribution in [-0.2, 0) is 0 Å². The summed E-state index contributed by atoms with van der Waals surface area (Å²) >= 11 is 13.6. The molecule has 2 heterocycles. The number of halogens is 3. The molecule has 0 spiro atoms. The van der Waals surface area contributed by atoms with Gasteiger partial charge in [0.05, 0.1) is 16.3 Å². The predicted molar refractivity (Wildman–Crippen MR) is 149 cm³/mol. The largest absolute Gasteiger partial charge is 0.272 e. The van der Waals surface area contributed by atoms with Gasteiger partial charge in [0.1, 0.15) is 5.82 Å². The first-order valence-electron chi connectivity index (χ1n) is 12.0. The van der Waals surface area contributed by atoms with Crippen molar-refractivity contribution < 1.29 is 4.39 Å². The third-order valence-corrected chi connectivity index (χ3v) is 8.21. The smallest absolute Gasteiger partial charge is 0.271 e. The molecule has 7 heteroatoms. The zero-order valence-electron chi connectivity index (χ0n) is 19.6. The molecule has 1 unspecified atom stereocenters. The lowest BCUT2D eigenvalue weighted by atomic mass is 9.84. The summed E-state index contributed by atoms with van der Waals surface area (Å²) in [6, 6.07) is 21.5. The van der Waals surface area contributed by atoms with Crippen molar-refractivity contribution in [1.29, 1.82) is 0 Å². The van der Waals surface area contributed by atoms with Crippen LogP contribution in [0.3, 0.4) is 0 Å². The number of allylic oxidation sites excluding steroid dienone is 2. The van der Waals surface area contributed by atoms with Gasteiger partial charge in [0.25, 0.3) is 5.56 Å². The highest BCUT2D eigenvalue weighted by atomic mass is 35.5. The molecule has 1 aromatic heterocycles. The number of nitrogens with zero attached hydrogens (tertiary/aromatic N) is 2. The maximum atomic E-state index is 14.4. The highest BCUT2D eigenvalue weighted by molar-refractivity contribution is 7.07. The Kier molecular flexibility index (Phi) is 6.45. The van der Waals surface area contributed by atoms with Crippen LogP contribution in [0.4, 0.5) is 4.39 Å². The molecule has 0 N–H and O–H groups in total. The van der Waals surface area contributed by atoms with Gasteiger partial charge in [-0.3, -0.25) is 9.36 Å². The summed E-state index contributed by atoms with van der Waals surface area (Å²) in [6.45, 7) is 0. The van der Waals surface area contributed by atoms with Crippen LogP contribution in [0, 0.1) is 5.82 Å². The van der Waals surface area contributed by atoms with Crippen molar-refractivity contribution in [3.05, 3.63) is 142 Å². The first-order chi connectivity index (χ1) is 18.0. The molecule has 1 aliphatic carbocycles. The van der Waals surface area contributed by atoms with Gasteiger partial charge >= 0.3 is 0 Å². The molecule has 0 saturated carbocycles. The Morgan fingerprint density at radius 1 is 0.919 bits per heavy atom. The highest BCUT2D eigenvalue weighted by Crippen LogP contribution is 2.41. The average molecular weight is 547 g/mol. The number of hydrogen-bond donors (Lipinski definition) is 0. The van der Waals surface area contributed by atoms with E-state index in [1.165, 1.54) is 17.4 Å². The van der Waals surface area contributed by atoms with E-state index in [-0.39, 0.29) is 17.4 Å². The normalized spacial score (nSPS) is 18.5. The number of aromatic nitrogens is 1. The lowest BCUT2D eigenvalue weighted by Gasteiger charge is -2.31. The Morgan fingerprint density at radius 2 is 1.62 bits per heavy atom. The molecular weight excluding hydrogens is 526 g/mol. The van der Waals surface area contributed by atoms with E-state index in [0.717, 1.165) is 47.2 Å². The van der Waals surface area contributed by atoms with Gasteiger partial charge in [0.2, 0.25) is 0 Å². The Labute approximate surface area is 227 Å². The first-order valence-corrected chi connectivity index (χ1v) is 13.6. The average Bonchev–Trinajstić information content (AvgIpc) is 3.21. The fraction of sp³-hybridized carbons (Fsp3) is 0.133. The van der Waals surface area contributed by atoms with Crippen molar-refractivity contribution in [2.45, 2.75) is 25.3 Å². The van der Waals surface area contributed by atoms with Crippen molar-refractivity contribution in [2.75, 3.05) is 0 Å². The molecule has 0 fully saturated rings. The molecule has 0 saturated heterocycles. The van der Waals surface area contributed by atoms with Crippen LogP contribution < -0.4 is 14.9 Å². The Balaban J connectivity index is 1.58. The number of hydrogen-bond acceptors (Lipinski definition) is 3. The molecule has 6 rings (SSSR count). The van der Waals surface area contributed by atoms with E-state index < -0.39 is 0 Å². The van der Waals surface area contributed by atoms with E-state index >= 15 is 0 Å². The fourth-order valence-corrected chi connectivity index (χ4v) is 6.24. The molecule has 3 aromatic carbocycles. The fourth-order valence-electron chi connectivity index (χ4n) is 5.00. The van der Waals surface area contributed by atoms with Gasteiger partial charge in [-0.25, -0.2) is 9.38 Å². The number of benzene rings is 3. The maximum Gasteiger partial charge on any atom is 0.271 e. The van der Waals surface area contributed by atoms with Crippen LogP contribution in [-0.4, -0.2) is 4.57 Å². The van der Waals surface area contributed by atoms with Crippen LogP contribution in [0.1, 0.15) is 42.0 Å². The minimum absolute atomic E-state index is 0.174. The summed E-state index contributed by atoms with van der Waals surface area (Å²) in [4.78, 5) is 19.4. The van der Waals surface area contributed by atoms with E-state index in [2.05, 4.69) is 6.08 Å². The number of fused-ring (bicyclic) bond motifs is 1. The van der Waals surface area contributed by atoms with Gasteiger partial charge in [-0.1, -0.05) is 77.0 Å².